The Morgan fingerprint density at radius 2 is 1.72 bits per heavy atom. The smallest absolute Gasteiger partial charge is 0.265 e. The molecule has 0 atom stereocenters. The maximum absolute atomic E-state index is 12.8. The number of benzene rings is 3. The van der Waals surface area contributed by atoms with Crippen LogP contribution in [0.25, 0.3) is 10.8 Å². The second kappa shape index (κ2) is 5.75. The summed E-state index contributed by atoms with van der Waals surface area (Å²) in [6.07, 6.45) is 0. The van der Waals surface area contributed by atoms with Crippen LogP contribution in [0.4, 0.5) is 11.4 Å². The molecule has 0 saturated heterocycles. The highest BCUT2D eigenvalue weighted by Gasteiger charge is 2.36. The van der Waals surface area contributed by atoms with E-state index in [-0.39, 0.29) is 11.4 Å². The molecule has 0 spiro atoms. The minimum Gasteiger partial charge on any atom is -0.323 e. The predicted molar refractivity (Wildman–Crippen MR) is 98.6 cm³/mol. The van der Waals surface area contributed by atoms with E-state index in [0.717, 1.165) is 9.69 Å². The molecule has 1 aliphatic rings. The van der Waals surface area contributed by atoms with Crippen molar-refractivity contribution >= 4 is 49.7 Å². The summed E-state index contributed by atoms with van der Waals surface area (Å²) in [5.74, 6) is -0.457. The largest absolute Gasteiger partial charge is 0.323 e. The van der Waals surface area contributed by atoms with Gasteiger partial charge in [0.2, 0.25) is 5.91 Å². The summed E-state index contributed by atoms with van der Waals surface area (Å²) >= 11 is 6.03. The molecule has 1 amide bonds. The van der Waals surface area contributed by atoms with Gasteiger partial charge in [-0.25, -0.2) is 8.42 Å². The van der Waals surface area contributed by atoms with Crippen molar-refractivity contribution < 1.29 is 13.2 Å². The maximum Gasteiger partial charge on any atom is 0.265 e. The first-order valence-corrected chi connectivity index (χ1v) is 9.39. The highest BCUT2D eigenvalue weighted by atomic mass is 35.5. The molecule has 25 heavy (non-hydrogen) atoms. The van der Waals surface area contributed by atoms with Gasteiger partial charge >= 0.3 is 0 Å². The molecule has 1 N–H and O–H groups in total. The lowest BCUT2D eigenvalue weighted by atomic mass is 10.1. The maximum atomic E-state index is 12.8. The van der Waals surface area contributed by atoms with E-state index in [4.69, 9.17) is 11.6 Å². The Hall–Kier alpha value is -2.57. The van der Waals surface area contributed by atoms with E-state index >= 15 is 0 Å². The Bertz CT molecular complexity index is 1110. The van der Waals surface area contributed by atoms with Gasteiger partial charge in [0, 0.05) is 5.39 Å². The number of nitrogens with one attached hydrogen (secondary N) is 1. The number of carbonyl (C=O) groups excluding carboxylic acids is 1. The number of para-hydroxylation sites is 1. The number of amides is 1. The molecule has 126 valence electrons. The van der Waals surface area contributed by atoms with Crippen LogP contribution in [0.5, 0.6) is 0 Å². The van der Waals surface area contributed by atoms with Gasteiger partial charge < -0.3 is 5.32 Å². The number of anilines is 2. The lowest BCUT2D eigenvalue weighted by Gasteiger charge is -2.18. The monoisotopic (exact) mass is 372 g/mol. The molecule has 1 aliphatic heterocycles. The Kier molecular flexibility index (Phi) is 3.67. The van der Waals surface area contributed by atoms with E-state index in [1.807, 2.05) is 12.1 Å². The molecule has 4 rings (SSSR count). The molecule has 0 bridgehead atoms. The fourth-order valence-electron chi connectivity index (χ4n) is 3.01. The zero-order valence-electron chi connectivity index (χ0n) is 12.9. The summed E-state index contributed by atoms with van der Waals surface area (Å²) in [5, 5.41) is 4.53. The van der Waals surface area contributed by atoms with E-state index in [9.17, 15) is 13.2 Å². The zero-order chi connectivity index (χ0) is 17.6. The number of halogens is 1. The Labute approximate surface area is 149 Å². The number of rotatable bonds is 3. The second-order valence-electron chi connectivity index (χ2n) is 5.67. The van der Waals surface area contributed by atoms with Gasteiger partial charge in [0.1, 0.15) is 6.54 Å². The molecular formula is C18H13ClN2O3S. The molecule has 0 aliphatic carbocycles. The summed E-state index contributed by atoms with van der Waals surface area (Å²) in [4.78, 5) is 12.6. The van der Waals surface area contributed by atoms with E-state index in [0.29, 0.717) is 21.8 Å². The van der Waals surface area contributed by atoms with Crippen LogP contribution in [0.1, 0.15) is 0 Å². The average molecular weight is 373 g/mol. The summed E-state index contributed by atoms with van der Waals surface area (Å²) < 4.78 is 26.8. The summed E-state index contributed by atoms with van der Waals surface area (Å²) in [6, 6.07) is 17.3. The third kappa shape index (κ3) is 2.54. The molecular weight excluding hydrogens is 360 g/mol. The first-order valence-electron chi connectivity index (χ1n) is 7.57. The fraction of sp³-hybridized carbons (Fsp3) is 0.0556. The standard InChI is InChI=1S/C18H13ClN2O3S/c19-13-7-1-2-8-14(13)20-17(22)11-21-15-9-3-5-12-6-4-10-16(18(12)15)25(21,23)24/h1-10H,11H2,(H,20,22). The van der Waals surface area contributed by atoms with E-state index < -0.39 is 15.9 Å². The first kappa shape index (κ1) is 15.9. The van der Waals surface area contributed by atoms with Crippen molar-refractivity contribution in [2.24, 2.45) is 0 Å². The molecule has 0 fully saturated rings. The number of carbonyl (C=O) groups is 1. The predicted octanol–water partition coefficient (Wildman–Crippen LogP) is 3.64. The van der Waals surface area contributed by atoms with Gasteiger partial charge in [0.15, 0.2) is 0 Å². The highest BCUT2D eigenvalue weighted by Crippen LogP contribution is 2.41. The van der Waals surface area contributed by atoms with Crippen LogP contribution in [-0.2, 0) is 14.8 Å². The van der Waals surface area contributed by atoms with Crippen LogP contribution in [0, 0.1) is 0 Å². The molecule has 0 aromatic heterocycles. The number of nitrogens with zero attached hydrogens (tertiary/aromatic N) is 1. The molecule has 7 heteroatoms. The zero-order valence-corrected chi connectivity index (χ0v) is 14.5. The van der Waals surface area contributed by atoms with Crippen LogP contribution >= 0.6 is 11.6 Å². The number of hydrogen-bond acceptors (Lipinski definition) is 3. The lowest BCUT2D eigenvalue weighted by Crippen LogP contribution is -2.35. The number of hydrogen-bond donors (Lipinski definition) is 1. The number of sulfonamides is 1. The van der Waals surface area contributed by atoms with Crippen LogP contribution in [0.15, 0.2) is 65.6 Å². The van der Waals surface area contributed by atoms with Gasteiger partial charge in [0.25, 0.3) is 10.0 Å². The lowest BCUT2D eigenvalue weighted by molar-refractivity contribution is -0.114. The Balaban J connectivity index is 1.69. The minimum atomic E-state index is -3.76. The topological polar surface area (TPSA) is 66.5 Å². The summed E-state index contributed by atoms with van der Waals surface area (Å²) in [7, 11) is -3.76. The molecule has 0 unspecified atom stereocenters. The van der Waals surface area contributed by atoms with Crippen molar-refractivity contribution in [2.45, 2.75) is 4.90 Å². The SMILES string of the molecule is O=C(CN1c2cccc3cccc(c23)S1(=O)=O)Nc1ccccc1Cl. The van der Waals surface area contributed by atoms with Gasteiger partial charge in [-0.15, -0.1) is 0 Å². The quantitative estimate of drug-likeness (QED) is 0.763. The van der Waals surface area contributed by atoms with Gasteiger partial charge in [-0.05, 0) is 29.7 Å². The van der Waals surface area contributed by atoms with Gasteiger partial charge in [-0.2, -0.15) is 0 Å². The minimum absolute atomic E-state index is 0.228. The summed E-state index contributed by atoms with van der Waals surface area (Å²) in [5.41, 5.74) is 0.962. The van der Waals surface area contributed by atoms with Crippen molar-refractivity contribution in [1.29, 1.82) is 0 Å². The molecule has 0 saturated carbocycles. The molecule has 3 aromatic carbocycles. The summed E-state index contributed by atoms with van der Waals surface area (Å²) in [6.45, 7) is -0.318. The molecule has 0 radical (unpaired) electrons. The highest BCUT2D eigenvalue weighted by molar-refractivity contribution is 7.93. The van der Waals surface area contributed by atoms with Crippen molar-refractivity contribution in [2.75, 3.05) is 16.2 Å². The Morgan fingerprint density at radius 1 is 1.00 bits per heavy atom. The van der Waals surface area contributed by atoms with Crippen LogP contribution in [0.3, 0.4) is 0 Å². The molecule has 3 aromatic rings. The average Bonchev–Trinajstić information content (AvgIpc) is 2.81. The van der Waals surface area contributed by atoms with Crippen LogP contribution < -0.4 is 9.62 Å². The normalized spacial score (nSPS) is 14.7. The Morgan fingerprint density at radius 3 is 2.48 bits per heavy atom. The van der Waals surface area contributed by atoms with Crippen LogP contribution in [0.2, 0.25) is 5.02 Å². The van der Waals surface area contributed by atoms with Crippen LogP contribution in [-0.4, -0.2) is 20.9 Å². The van der Waals surface area contributed by atoms with Gasteiger partial charge in [-0.3, -0.25) is 9.10 Å². The third-order valence-corrected chi connectivity index (χ3v) is 6.25. The van der Waals surface area contributed by atoms with E-state index in [2.05, 4.69) is 5.32 Å². The first-order chi connectivity index (χ1) is 12.0. The van der Waals surface area contributed by atoms with E-state index in [1.54, 1.807) is 48.5 Å². The van der Waals surface area contributed by atoms with Crippen molar-refractivity contribution in [3.63, 3.8) is 0 Å². The van der Waals surface area contributed by atoms with Gasteiger partial charge in [-0.1, -0.05) is 48.0 Å². The molecule has 1 heterocycles. The fourth-order valence-corrected chi connectivity index (χ4v) is 4.86. The van der Waals surface area contributed by atoms with Gasteiger partial charge in [0.05, 0.1) is 21.3 Å². The van der Waals surface area contributed by atoms with Crippen molar-refractivity contribution in [3.05, 3.63) is 65.7 Å². The van der Waals surface area contributed by atoms with E-state index in [1.165, 1.54) is 0 Å². The third-order valence-electron chi connectivity index (χ3n) is 4.12. The van der Waals surface area contributed by atoms with Crippen molar-refractivity contribution in [1.82, 2.24) is 0 Å². The second-order valence-corrected chi connectivity index (χ2v) is 7.91. The van der Waals surface area contributed by atoms with Crippen molar-refractivity contribution in [3.8, 4) is 0 Å². The molecule has 5 nitrogen and oxygen atoms in total.